The highest BCUT2D eigenvalue weighted by atomic mass is 127. The van der Waals surface area contributed by atoms with Crippen LogP contribution in [0, 0.1) is 0 Å². The molecular formula is C12H9IO2S2. The van der Waals surface area contributed by atoms with Gasteiger partial charge in [-0.3, -0.25) is 0 Å². The van der Waals surface area contributed by atoms with E-state index in [1.807, 2.05) is 12.1 Å². The molecule has 1 aromatic carbocycles. The molecule has 17 heavy (non-hydrogen) atoms. The molecule has 0 unspecified atom stereocenters. The first-order chi connectivity index (χ1) is 8.24. The average Bonchev–Trinajstić information content (AvgIpc) is 2.87. The van der Waals surface area contributed by atoms with Crippen LogP contribution in [0.5, 0.6) is 0 Å². The molecule has 0 aliphatic heterocycles. The maximum atomic E-state index is 11.3. The first-order valence-electron chi connectivity index (χ1n) is 4.82. The third-order valence-corrected chi connectivity index (χ3v) is 4.88. The molecule has 1 heterocycles. The molecule has 2 rings (SSSR count). The summed E-state index contributed by atoms with van der Waals surface area (Å²) >= 11 is 5.09. The predicted octanol–water partition coefficient (Wildman–Crippen LogP) is 4.64. The summed E-state index contributed by atoms with van der Waals surface area (Å²) < 4.78 is 5.92. The van der Waals surface area contributed by atoms with E-state index >= 15 is 0 Å². The number of hydrogen-bond donors (Lipinski definition) is 0. The number of hydrogen-bond acceptors (Lipinski definition) is 4. The van der Waals surface area contributed by atoms with Crippen molar-refractivity contribution in [1.82, 2.24) is 0 Å². The number of carbonyl (C=O) groups is 1. The van der Waals surface area contributed by atoms with Crippen LogP contribution in [-0.4, -0.2) is 12.2 Å². The number of benzene rings is 1. The lowest BCUT2D eigenvalue weighted by Crippen LogP contribution is -1.96. The van der Waals surface area contributed by atoms with Gasteiger partial charge in [-0.15, -0.1) is 23.1 Å². The highest BCUT2D eigenvalue weighted by Gasteiger charge is 2.07. The molecule has 0 spiro atoms. The summed E-state index contributed by atoms with van der Waals surface area (Å²) in [6, 6.07) is 11.7. The molecule has 0 fully saturated rings. The minimum absolute atomic E-state index is 0.312. The lowest BCUT2D eigenvalue weighted by molar-refractivity contribution is 0.0800. The molecule has 1 aromatic heterocycles. The van der Waals surface area contributed by atoms with Crippen molar-refractivity contribution in [1.29, 1.82) is 0 Å². The standard InChI is InChI=1S/C12H9IO2S2/c1-16-11-7-6-10(17-11)8-2-4-9(5-3-8)12(14)15-13/h2-7H,1H3. The van der Waals surface area contributed by atoms with E-state index in [9.17, 15) is 4.79 Å². The van der Waals surface area contributed by atoms with Crippen molar-refractivity contribution in [2.24, 2.45) is 0 Å². The van der Waals surface area contributed by atoms with Gasteiger partial charge in [-0.25, -0.2) is 4.79 Å². The summed E-state index contributed by atoms with van der Waals surface area (Å²) in [6.07, 6.45) is 2.06. The smallest absolute Gasteiger partial charge is 0.347 e. The molecule has 88 valence electrons. The molecule has 2 aromatic rings. The lowest BCUT2D eigenvalue weighted by atomic mass is 10.1. The fourth-order valence-electron chi connectivity index (χ4n) is 1.40. The van der Waals surface area contributed by atoms with Gasteiger partial charge in [-0.1, -0.05) is 12.1 Å². The molecule has 0 saturated heterocycles. The van der Waals surface area contributed by atoms with Crippen LogP contribution < -0.4 is 0 Å². The van der Waals surface area contributed by atoms with Gasteiger partial charge in [-0.05, 0) is 36.1 Å². The van der Waals surface area contributed by atoms with E-state index < -0.39 is 0 Å². The minimum atomic E-state index is -0.312. The number of rotatable bonds is 3. The summed E-state index contributed by atoms with van der Waals surface area (Å²) in [5.41, 5.74) is 1.70. The third kappa shape index (κ3) is 3.02. The molecule has 0 bridgehead atoms. The van der Waals surface area contributed by atoms with E-state index in [0.29, 0.717) is 5.56 Å². The number of halogens is 1. The van der Waals surface area contributed by atoms with E-state index in [0.717, 1.165) is 5.56 Å². The van der Waals surface area contributed by atoms with Crippen LogP contribution in [0.4, 0.5) is 0 Å². The molecule has 2 nitrogen and oxygen atoms in total. The Morgan fingerprint density at radius 3 is 2.47 bits per heavy atom. The molecule has 0 aliphatic carbocycles. The Morgan fingerprint density at radius 2 is 1.94 bits per heavy atom. The SMILES string of the molecule is CSc1ccc(-c2ccc(C(=O)OI)cc2)s1. The van der Waals surface area contributed by atoms with E-state index in [1.54, 1.807) is 58.2 Å². The van der Waals surface area contributed by atoms with E-state index in [2.05, 4.69) is 21.5 Å². The van der Waals surface area contributed by atoms with Gasteiger partial charge in [0.2, 0.25) is 0 Å². The maximum absolute atomic E-state index is 11.3. The minimum Gasteiger partial charge on any atom is -0.391 e. The Hall–Kier alpha value is -0.530. The number of thioether (sulfide) groups is 1. The average molecular weight is 376 g/mol. The predicted molar refractivity (Wildman–Crippen MR) is 81.0 cm³/mol. The van der Waals surface area contributed by atoms with Crippen molar-refractivity contribution >= 4 is 52.1 Å². The van der Waals surface area contributed by atoms with Crippen LogP contribution in [0.15, 0.2) is 40.6 Å². The Bertz CT molecular complexity index is 520. The van der Waals surface area contributed by atoms with Crippen LogP contribution >= 0.6 is 46.1 Å². The Morgan fingerprint density at radius 1 is 1.24 bits per heavy atom. The normalized spacial score (nSPS) is 10.2. The molecular weight excluding hydrogens is 367 g/mol. The fraction of sp³-hybridized carbons (Fsp3) is 0.0833. The first kappa shape index (κ1) is 12.9. The lowest BCUT2D eigenvalue weighted by Gasteiger charge is -1.99. The van der Waals surface area contributed by atoms with Gasteiger partial charge >= 0.3 is 5.97 Å². The van der Waals surface area contributed by atoms with Crippen LogP contribution in [-0.2, 0) is 3.07 Å². The van der Waals surface area contributed by atoms with Crippen molar-refractivity contribution in [3.63, 3.8) is 0 Å². The zero-order chi connectivity index (χ0) is 12.3. The van der Waals surface area contributed by atoms with Crippen LogP contribution in [0.25, 0.3) is 10.4 Å². The van der Waals surface area contributed by atoms with E-state index in [1.165, 1.54) is 9.09 Å². The molecule has 5 heteroatoms. The second-order valence-corrected chi connectivity index (χ2v) is 5.90. The van der Waals surface area contributed by atoms with Crippen molar-refractivity contribution in [3.05, 3.63) is 42.0 Å². The van der Waals surface area contributed by atoms with Crippen molar-refractivity contribution < 1.29 is 7.86 Å². The van der Waals surface area contributed by atoms with Crippen molar-refractivity contribution in [3.8, 4) is 10.4 Å². The zero-order valence-electron chi connectivity index (χ0n) is 8.98. The summed E-state index contributed by atoms with van der Waals surface area (Å²) in [4.78, 5) is 12.5. The highest BCUT2D eigenvalue weighted by molar-refractivity contribution is 14.1. The fourth-order valence-corrected chi connectivity index (χ4v) is 3.20. The van der Waals surface area contributed by atoms with Gasteiger partial charge in [0, 0.05) is 4.88 Å². The van der Waals surface area contributed by atoms with Crippen LogP contribution in [0.1, 0.15) is 10.4 Å². The summed E-state index contributed by atoms with van der Waals surface area (Å²) in [7, 11) is 0. The second-order valence-electron chi connectivity index (χ2n) is 3.26. The topological polar surface area (TPSA) is 26.3 Å². The largest absolute Gasteiger partial charge is 0.391 e. The quantitative estimate of drug-likeness (QED) is 0.577. The summed E-state index contributed by atoms with van der Waals surface area (Å²) in [6.45, 7) is 0. The van der Waals surface area contributed by atoms with Crippen molar-refractivity contribution in [2.45, 2.75) is 4.21 Å². The second kappa shape index (κ2) is 5.88. The van der Waals surface area contributed by atoms with Gasteiger partial charge in [0.05, 0.1) is 9.77 Å². The summed E-state index contributed by atoms with van der Waals surface area (Å²) in [5, 5.41) is 0. The summed E-state index contributed by atoms with van der Waals surface area (Å²) in [5.74, 6) is -0.312. The molecule has 0 saturated carbocycles. The molecule has 0 amide bonds. The molecule has 0 radical (unpaired) electrons. The van der Waals surface area contributed by atoms with Gasteiger partial charge in [0.25, 0.3) is 0 Å². The van der Waals surface area contributed by atoms with Gasteiger partial charge < -0.3 is 3.07 Å². The Kier molecular flexibility index (Phi) is 4.47. The monoisotopic (exact) mass is 376 g/mol. The van der Waals surface area contributed by atoms with Crippen LogP contribution in [0.2, 0.25) is 0 Å². The zero-order valence-corrected chi connectivity index (χ0v) is 12.8. The van der Waals surface area contributed by atoms with Gasteiger partial charge in [0.1, 0.15) is 0 Å². The van der Waals surface area contributed by atoms with Crippen molar-refractivity contribution in [2.75, 3.05) is 6.26 Å². The first-order valence-corrected chi connectivity index (χ1v) is 7.74. The Labute approximate surface area is 122 Å². The van der Waals surface area contributed by atoms with E-state index in [4.69, 9.17) is 0 Å². The third-order valence-electron chi connectivity index (χ3n) is 2.26. The number of thiophene rings is 1. The van der Waals surface area contributed by atoms with E-state index in [-0.39, 0.29) is 5.97 Å². The highest BCUT2D eigenvalue weighted by Crippen LogP contribution is 2.32. The number of carbonyl (C=O) groups excluding carboxylic acids is 1. The van der Waals surface area contributed by atoms with Crippen LogP contribution in [0.3, 0.4) is 0 Å². The molecule has 0 atom stereocenters. The molecule has 0 aliphatic rings. The maximum Gasteiger partial charge on any atom is 0.347 e. The molecule has 0 N–H and O–H groups in total. The van der Waals surface area contributed by atoms with Gasteiger partial charge in [-0.2, -0.15) is 0 Å². The van der Waals surface area contributed by atoms with Gasteiger partial charge in [0.15, 0.2) is 23.0 Å². The Balaban J connectivity index is 2.25.